The number of rotatable bonds is 3. The smallest absolute Gasteiger partial charge is 0.213 e. The molecule has 0 atom stereocenters. The van der Waals surface area contributed by atoms with Gasteiger partial charge < -0.3 is 0 Å². The Morgan fingerprint density at radius 1 is 1.08 bits per heavy atom. The van der Waals surface area contributed by atoms with Crippen LogP contribution in [0.4, 0.5) is 0 Å². The summed E-state index contributed by atoms with van der Waals surface area (Å²) in [5, 5.41) is 1.86. The SMILES string of the molecule is CC.CC.CCN(C)S(=O)(=O)CC.NN1CCc2ccccc2C1. The molecule has 24 heavy (non-hydrogen) atoms. The molecule has 2 rings (SSSR count). The van der Waals surface area contributed by atoms with Gasteiger partial charge in [0.05, 0.1) is 5.75 Å². The quantitative estimate of drug-likeness (QED) is 0.841. The highest BCUT2D eigenvalue weighted by Gasteiger charge is 2.12. The van der Waals surface area contributed by atoms with Gasteiger partial charge in [-0.2, -0.15) is 0 Å². The molecule has 0 aliphatic carbocycles. The van der Waals surface area contributed by atoms with E-state index in [9.17, 15) is 8.42 Å². The highest BCUT2D eigenvalue weighted by molar-refractivity contribution is 7.89. The van der Waals surface area contributed by atoms with Crippen molar-refractivity contribution in [2.24, 2.45) is 5.84 Å². The van der Waals surface area contributed by atoms with Crippen LogP contribution in [0, 0.1) is 0 Å². The predicted molar refractivity (Wildman–Crippen MR) is 105 cm³/mol. The van der Waals surface area contributed by atoms with E-state index in [4.69, 9.17) is 5.84 Å². The fraction of sp³-hybridized carbons (Fsp3) is 0.667. The Kier molecular flexibility index (Phi) is 15.2. The first-order valence-corrected chi connectivity index (χ1v) is 10.5. The van der Waals surface area contributed by atoms with Crippen molar-refractivity contribution in [2.45, 2.75) is 54.5 Å². The number of nitrogens with zero attached hydrogens (tertiary/aromatic N) is 2. The fourth-order valence-corrected chi connectivity index (χ4v) is 2.77. The third-order valence-electron chi connectivity index (χ3n) is 3.45. The average molecular weight is 360 g/mol. The van der Waals surface area contributed by atoms with Gasteiger partial charge in [-0.15, -0.1) is 0 Å². The molecule has 0 saturated heterocycles. The van der Waals surface area contributed by atoms with Crippen molar-refractivity contribution in [1.29, 1.82) is 0 Å². The van der Waals surface area contributed by atoms with Crippen LogP contribution in [0.3, 0.4) is 0 Å². The summed E-state index contributed by atoms with van der Waals surface area (Å²) in [6, 6.07) is 8.49. The fourth-order valence-electron chi connectivity index (χ4n) is 1.93. The largest absolute Gasteiger partial charge is 0.268 e. The van der Waals surface area contributed by atoms with Crippen molar-refractivity contribution in [3.63, 3.8) is 0 Å². The molecular weight excluding hydrogens is 322 g/mol. The van der Waals surface area contributed by atoms with Crippen LogP contribution in [-0.2, 0) is 23.0 Å². The van der Waals surface area contributed by atoms with E-state index in [1.165, 1.54) is 15.4 Å². The van der Waals surface area contributed by atoms with Crippen molar-refractivity contribution in [1.82, 2.24) is 9.31 Å². The Bertz CT molecular complexity index is 519. The first-order chi connectivity index (χ1) is 11.4. The summed E-state index contributed by atoms with van der Waals surface area (Å²) in [4.78, 5) is 0. The van der Waals surface area contributed by atoms with Crippen LogP contribution in [-0.4, -0.2) is 43.6 Å². The van der Waals surface area contributed by atoms with E-state index in [0.717, 1.165) is 19.5 Å². The molecule has 6 heteroatoms. The maximum absolute atomic E-state index is 10.9. The zero-order valence-electron chi connectivity index (χ0n) is 16.5. The lowest BCUT2D eigenvalue weighted by Crippen LogP contribution is -2.35. The number of hydrazine groups is 1. The second-order valence-electron chi connectivity index (χ2n) is 4.80. The van der Waals surface area contributed by atoms with E-state index in [1.54, 1.807) is 14.0 Å². The van der Waals surface area contributed by atoms with Crippen molar-refractivity contribution in [3.8, 4) is 0 Å². The highest BCUT2D eigenvalue weighted by Crippen LogP contribution is 2.15. The van der Waals surface area contributed by atoms with Crippen LogP contribution >= 0.6 is 0 Å². The van der Waals surface area contributed by atoms with Gasteiger partial charge in [0.25, 0.3) is 0 Å². The number of benzene rings is 1. The lowest BCUT2D eigenvalue weighted by molar-refractivity contribution is 0.263. The molecular formula is C18H37N3O2S. The zero-order valence-corrected chi connectivity index (χ0v) is 17.4. The standard InChI is InChI=1S/C9H12N2.C5H13NO2S.2C2H6/c10-11-6-5-8-3-1-2-4-9(8)7-11;1-4-6(3)9(7,8)5-2;2*1-2/h1-4H,5-7,10H2;4-5H2,1-3H3;2*1-2H3. The Labute approximate surface area is 149 Å². The Balaban J connectivity index is 0. The van der Waals surface area contributed by atoms with Crippen LogP contribution < -0.4 is 5.84 Å². The average Bonchev–Trinajstić information content (AvgIpc) is 2.64. The summed E-state index contributed by atoms with van der Waals surface area (Å²) in [7, 11) is -1.33. The first-order valence-electron chi connectivity index (χ1n) is 8.91. The van der Waals surface area contributed by atoms with E-state index in [0.29, 0.717) is 6.54 Å². The zero-order chi connectivity index (χ0) is 19.2. The molecule has 0 unspecified atom stereocenters. The molecule has 2 N–H and O–H groups in total. The minimum absolute atomic E-state index is 0.192. The second-order valence-corrected chi connectivity index (χ2v) is 7.17. The van der Waals surface area contributed by atoms with Crippen LogP contribution in [0.5, 0.6) is 0 Å². The lowest BCUT2D eigenvalue weighted by Gasteiger charge is -2.23. The number of hydrogen-bond acceptors (Lipinski definition) is 4. The second kappa shape index (κ2) is 14.4. The molecule has 1 aromatic rings. The van der Waals surface area contributed by atoms with E-state index < -0.39 is 10.0 Å². The molecule has 5 nitrogen and oxygen atoms in total. The van der Waals surface area contributed by atoms with Crippen LogP contribution in [0.1, 0.15) is 52.7 Å². The summed E-state index contributed by atoms with van der Waals surface area (Å²) in [6.45, 7) is 13.9. The number of sulfonamides is 1. The van der Waals surface area contributed by atoms with E-state index >= 15 is 0 Å². The maximum atomic E-state index is 10.9. The van der Waals surface area contributed by atoms with Gasteiger partial charge in [-0.25, -0.2) is 17.7 Å². The van der Waals surface area contributed by atoms with Gasteiger partial charge in [0.15, 0.2) is 0 Å². The van der Waals surface area contributed by atoms with Gasteiger partial charge in [0, 0.05) is 26.7 Å². The summed E-state index contributed by atoms with van der Waals surface area (Å²) in [6.07, 6.45) is 1.09. The van der Waals surface area contributed by atoms with Crippen LogP contribution in [0.2, 0.25) is 0 Å². The third kappa shape index (κ3) is 9.37. The third-order valence-corrected chi connectivity index (χ3v) is 5.38. The summed E-state index contributed by atoms with van der Waals surface area (Å²) in [5.41, 5.74) is 2.83. The monoisotopic (exact) mass is 359 g/mol. The molecule has 1 aliphatic rings. The molecule has 1 aliphatic heterocycles. The van der Waals surface area contributed by atoms with Crippen LogP contribution in [0.25, 0.3) is 0 Å². The predicted octanol–water partition coefficient (Wildman–Crippen LogP) is 3.26. The van der Waals surface area contributed by atoms with E-state index in [1.807, 2.05) is 39.6 Å². The first kappa shape index (κ1) is 25.3. The molecule has 0 amide bonds. The normalized spacial score (nSPS) is 13.4. The minimum Gasteiger partial charge on any atom is -0.268 e. The van der Waals surface area contributed by atoms with Crippen LogP contribution in [0.15, 0.2) is 24.3 Å². The van der Waals surface area contributed by atoms with Gasteiger partial charge in [-0.1, -0.05) is 58.9 Å². The van der Waals surface area contributed by atoms with Gasteiger partial charge in [-0.05, 0) is 24.5 Å². The summed E-state index contributed by atoms with van der Waals surface area (Å²) >= 11 is 0. The minimum atomic E-state index is -2.91. The molecule has 0 radical (unpaired) electrons. The van der Waals surface area contributed by atoms with E-state index in [2.05, 4.69) is 24.3 Å². The Hall–Kier alpha value is -0.950. The molecule has 142 valence electrons. The lowest BCUT2D eigenvalue weighted by atomic mass is 10.0. The van der Waals surface area contributed by atoms with Crippen molar-refractivity contribution in [2.75, 3.05) is 25.9 Å². The Morgan fingerprint density at radius 3 is 2.00 bits per heavy atom. The van der Waals surface area contributed by atoms with E-state index in [-0.39, 0.29) is 5.75 Å². The molecule has 0 fully saturated rings. The number of fused-ring (bicyclic) bond motifs is 1. The van der Waals surface area contributed by atoms with Gasteiger partial charge >= 0.3 is 0 Å². The van der Waals surface area contributed by atoms with Gasteiger partial charge in [0.2, 0.25) is 10.0 Å². The molecule has 0 aromatic heterocycles. The molecule has 1 heterocycles. The van der Waals surface area contributed by atoms with Gasteiger partial charge in [0.1, 0.15) is 0 Å². The van der Waals surface area contributed by atoms with Crippen molar-refractivity contribution in [3.05, 3.63) is 35.4 Å². The number of nitrogens with two attached hydrogens (primary N) is 1. The summed E-state index contributed by atoms with van der Waals surface area (Å²) in [5.74, 6) is 5.87. The summed E-state index contributed by atoms with van der Waals surface area (Å²) < 4.78 is 23.1. The van der Waals surface area contributed by atoms with Gasteiger partial charge in [-0.3, -0.25) is 5.84 Å². The van der Waals surface area contributed by atoms with Crippen molar-refractivity contribution < 1.29 is 8.42 Å². The molecule has 1 aromatic carbocycles. The molecule has 0 bridgehead atoms. The molecule has 0 spiro atoms. The maximum Gasteiger partial charge on any atom is 0.213 e. The highest BCUT2D eigenvalue weighted by atomic mass is 32.2. The topological polar surface area (TPSA) is 66.6 Å². The number of hydrogen-bond donors (Lipinski definition) is 1. The van der Waals surface area contributed by atoms with Crippen molar-refractivity contribution >= 4 is 10.0 Å². The Morgan fingerprint density at radius 2 is 1.58 bits per heavy atom. The molecule has 0 saturated carbocycles.